The number of carbonyl (C=O) groups excluding carboxylic acids is 7. The van der Waals surface area contributed by atoms with E-state index in [1.807, 2.05) is 58.9 Å². The van der Waals surface area contributed by atoms with E-state index in [4.69, 9.17) is 40.6 Å². The first-order valence-electron chi connectivity index (χ1n) is 33.2. The number of nitrogens with zero attached hydrogens (tertiary/aromatic N) is 2. The second-order valence-electron chi connectivity index (χ2n) is 24.1. The van der Waals surface area contributed by atoms with E-state index >= 15 is 0 Å². The Morgan fingerprint density at radius 1 is 0.594 bits per heavy atom. The number of rotatable bonds is 24. The zero-order valence-corrected chi connectivity index (χ0v) is 66.5. The third-order valence-electron chi connectivity index (χ3n) is 17.0. The van der Waals surface area contributed by atoms with Crippen LogP contribution in [0.3, 0.4) is 0 Å². The summed E-state index contributed by atoms with van der Waals surface area (Å²) in [5.41, 5.74) is 11.4. The van der Waals surface area contributed by atoms with E-state index in [9.17, 15) is 33.9 Å². The first-order chi connectivity index (χ1) is 45.4. The van der Waals surface area contributed by atoms with Crippen LogP contribution in [-0.2, 0) is 70.6 Å². The summed E-state index contributed by atoms with van der Waals surface area (Å²) in [7, 11) is 0. The predicted octanol–water partition coefficient (Wildman–Crippen LogP) is 7.47. The van der Waals surface area contributed by atoms with Crippen molar-refractivity contribution in [2.24, 2.45) is 17.8 Å². The number of Topliss-reactive ketones (excluding diaryl/α,β-unsaturated/α-hetero) is 3. The normalized spacial score (nSPS) is 15.3. The zero-order valence-electron chi connectivity index (χ0n) is 58.9. The Balaban J connectivity index is 0.000000435. The number of carbonyl (C=O) groups is 7. The summed E-state index contributed by atoms with van der Waals surface area (Å²) in [5, 5.41) is 18.6. The number of benzene rings is 5. The van der Waals surface area contributed by atoms with Gasteiger partial charge in [0.05, 0.1) is 33.0 Å². The number of hydrogen-bond acceptors (Lipinski definition) is 17. The number of alkyl halides is 2. The SMILES string of the molecule is CCOC(=O)CCCBr.CCOC(=O)CCCOc1cc2c(cc1C)CC(CC1CCN(Cc3ccccc3)CC1)C2=O.CCOC(=O)CCCOc1cc2c(cc1C)CCC2=O.Cc1cc2c(cc1O)C(=O)CC2.ClCC1CCN(Cc2ccccc2)CC1.O=CO[O-].[H-].[K+].[K+]. The maximum atomic E-state index is 13.2. The topological polar surface area (TPSA) is 225 Å². The molecule has 0 aromatic heterocycles. The minimum Gasteiger partial charge on any atom is -1.00 e. The monoisotopic (exact) mass is 1460 g/mol. The van der Waals surface area contributed by atoms with Gasteiger partial charge in [-0.3, -0.25) is 43.4 Å². The van der Waals surface area contributed by atoms with Gasteiger partial charge in [-0.25, -0.2) is 0 Å². The summed E-state index contributed by atoms with van der Waals surface area (Å²) in [6.07, 6.45) is 12.9. The van der Waals surface area contributed by atoms with Crippen LogP contribution in [0.1, 0.15) is 181 Å². The molecule has 17 nitrogen and oxygen atoms in total. The van der Waals surface area contributed by atoms with Crippen molar-refractivity contribution in [3.05, 3.63) is 158 Å². The van der Waals surface area contributed by atoms with Crippen molar-refractivity contribution in [3.63, 3.8) is 0 Å². The number of ketones is 3. The second-order valence-corrected chi connectivity index (χ2v) is 25.2. The van der Waals surface area contributed by atoms with Crippen molar-refractivity contribution in [1.29, 1.82) is 0 Å². The number of halogens is 2. The molecule has 1 N–H and O–H groups in total. The van der Waals surface area contributed by atoms with E-state index in [1.165, 1.54) is 49.9 Å². The van der Waals surface area contributed by atoms with E-state index in [-0.39, 0.29) is 158 Å². The van der Waals surface area contributed by atoms with E-state index in [1.54, 1.807) is 13.0 Å². The molecule has 2 heterocycles. The summed E-state index contributed by atoms with van der Waals surface area (Å²) >= 11 is 9.09. The Bertz CT molecular complexity index is 3190. The van der Waals surface area contributed by atoms with Crippen LogP contribution in [0, 0.1) is 38.5 Å². The summed E-state index contributed by atoms with van der Waals surface area (Å²) < 4.78 is 26.1. The molecule has 3 aliphatic carbocycles. The van der Waals surface area contributed by atoms with Gasteiger partial charge < -0.3 is 40.4 Å². The molecule has 96 heavy (non-hydrogen) atoms. The van der Waals surface area contributed by atoms with Crippen molar-refractivity contribution in [2.75, 3.05) is 70.4 Å². The molecule has 5 aliphatic rings. The molecular weight excluding hydrogens is 1360 g/mol. The minimum absolute atomic E-state index is 0. The fourth-order valence-corrected chi connectivity index (χ4v) is 12.5. The summed E-state index contributed by atoms with van der Waals surface area (Å²) in [4.78, 5) is 85.7. The minimum atomic E-state index is -0.197. The molecule has 2 fully saturated rings. The smallest absolute Gasteiger partial charge is 1.00 e. The van der Waals surface area contributed by atoms with Crippen LogP contribution in [0.5, 0.6) is 17.2 Å². The van der Waals surface area contributed by atoms with Gasteiger partial charge in [0.25, 0.3) is 6.47 Å². The average Bonchev–Trinajstić information content (AvgIpc) is 1.68. The number of ether oxygens (including phenoxy) is 5. The van der Waals surface area contributed by atoms with E-state index in [0.717, 1.165) is 131 Å². The standard InChI is InChI=1S/C29H37NO4.C16H20O4.C13H18ClN.C10H10O2.C6H11BrO2.CH2O3.2K.H/c1-3-33-28(31)10-7-15-34-27-19-26-24(16-21(27)2)18-25(29(26)32)17-22-11-13-30(14-12-22)20-23-8-5-4-6-9-23;1-3-19-16(18)5-4-8-20-15-10-13-12(9-11(15)2)6-7-14(13)17;14-10-12-6-8-15(9-7-12)11-13-4-2-1-3-5-13;1-6-4-7-2-3-9(11)8(7)5-10(6)12;1-2-9-6(8)4-3-5-7;2-1-4-3;;;/h4-6,8-9,16,19,22,25H,3,7,10-15,17-18,20H2,1-2H3;9-10H,3-8H2,1-2H3;1-5,12H,6-11H2;4-5,12H,2-3H2,1H3;2-5H2,1H3;1,3H;;;/q;;;;;;2*+1;-1/p-1. The summed E-state index contributed by atoms with van der Waals surface area (Å²) in [6.45, 7) is 20.0. The molecule has 0 radical (unpaired) electrons. The molecule has 0 amide bonds. The Labute approximate surface area is 668 Å². The van der Waals surface area contributed by atoms with Gasteiger partial charge in [-0.05, 0) is 213 Å². The largest absolute Gasteiger partial charge is 1.00 e. The molecule has 2 saturated heterocycles. The third-order valence-corrected chi connectivity index (χ3v) is 18.0. The number of likely N-dealkylation sites (tertiary alicyclic amines) is 2. The van der Waals surface area contributed by atoms with Crippen LogP contribution in [-0.4, -0.2) is 127 Å². The Kier molecular flexibility index (Phi) is 44.1. The Hall–Kier alpha value is -3.69. The second kappa shape index (κ2) is 49.0. The quantitative estimate of drug-likeness (QED) is 0.00924. The van der Waals surface area contributed by atoms with Crippen molar-refractivity contribution in [3.8, 4) is 17.2 Å². The zero-order chi connectivity index (χ0) is 68.2. The maximum Gasteiger partial charge on any atom is 1.00 e. The number of aromatic hydroxyl groups is 1. The van der Waals surface area contributed by atoms with Gasteiger partial charge in [0.15, 0.2) is 17.3 Å². The fraction of sp³-hybridized carbons (Fsp3) is 0.507. The van der Waals surface area contributed by atoms with E-state index in [2.05, 4.69) is 102 Å². The van der Waals surface area contributed by atoms with E-state index in [0.29, 0.717) is 89.5 Å². The van der Waals surface area contributed by atoms with Crippen LogP contribution < -0.4 is 118 Å². The van der Waals surface area contributed by atoms with Gasteiger partial charge in [0.1, 0.15) is 17.2 Å². The molecule has 5 aromatic rings. The number of esters is 3. The first kappa shape index (κ1) is 86.5. The third kappa shape index (κ3) is 31.1. The van der Waals surface area contributed by atoms with Crippen LogP contribution in [0.4, 0.5) is 0 Å². The molecule has 10 rings (SSSR count). The van der Waals surface area contributed by atoms with Crippen molar-refractivity contribution < 1.29 is 177 Å². The first-order valence-corrected chi connectivity index (χ1v) is 34.9. The number of phenols is 1. The van der Waals surface area contributed by atoms with E-state index < -0.39 is 0 Å². The molecule has 1 atom stereocenters. The molecular formula is C75H98BrClK2N2O15. The fourth-order valence-electron chi connectivity index (χ4n) is 11.9. The van der Waals surface area contributed by atoms with Crippen LogP contribution in [0.15, 0.2) is 97.1 Å². The summed E-state index contributed by atoms with van der Waals surface area (Å²) in [5.74, 6) is 4.15. The number of fused-ring (bicyclic) bond motifs is 3. The number of aryl methyl sites for hydroxylation is 5. The number of piperidine rings is 2. The van der Waals surface area contributed by atoms with Gasteiger partial charge in [0.2, 0.25) is 0 Å². The molecule has 514 valence electrons. The molecule has 2 aliphatic heterocycles. The van der Waals surface area contributed by atoms with Crippen molar-refractivity contribution >= 4 is 69.3 Å². The van der Waals surface area contributed by atoms with Crippen LogP contribution in [0.2, 0.25) is 0 Å². The molecule has 0 bridgehead atoms. The maximum absolute atomic E-state index is 13.2. The number of hydrogen-bond donors (Lipinski definition) is 1. The van der Waals surface area contributed by atoms with Gasteiger partial charge >= 0.3 is 121 Å². The van der Waals surface area contributed by atoms with Crippen LogP contribution >= 0.6 is 27.5 Å². The van der Waals surface area contributed by atoms with Crippen LogP contribution in [0.25, 0.3) is 0 Å². The van der Waals surface area contributed by atoms with Gasteiger partial charge in [-0.15, -0.1) is 11.6 Å². The molecule has 5 aromatic carbocycles. The van der Waals surface area contributed by atoms with Crippen molar-refractivity contribution in [1.82, 2.24) is 9.80 Å². The molecule has 0 spiro atoms. The Morgan fingerprint density at radius 2 is 1.00 bits per heavy atom. The van der Waals surface area contributed by atoms with Gasteiger partial charge in [-0.2, -0.15) is 0 Å². The molecule has 0 saturated carbocycles. The van der Waals surface area contributed by atoms with Gasteiger partial charge in [0, 0.05) is 79.0 Å². The molecule has 1 unspecified atom stereocenters. The Morgan fingerprint density at radius 3 is 1.43 bits per heavy atom. The van der Waals surface area contributed by atoms with Crippen molar-refractivity contribution in [2.45, 2.75) is 157 Å². The summed E-state index contributed by atoms with van der Waals surface area (Å²) in [6, 6.07) is 32.8. The number of phenolic OH excluding ortho intramolecular Hbond substituents is 1. The van der Waals surface area contributed by atoms with Gasteiger partial charge in [-0.1, -0.05) is 94.8 Å². The average molecular weight is 1460 g/mol. The predicted molar refractivity (Wildman–Crippen MR) is 367 cm³/mol. The molecule has 21 heteroatoms.